The summed E-state index contributed by atoms with van der Waals surface area (Å²) >= 11 is 1.25. The number of hydrogen-bond acceptors (Lipinski definition) is 7. The average molecular weight is 298 g/mol. The fourth-order valence-electron chi connectivity index (χ4n) is 2.30. The first-order valence-corrected chi connectivity index (χ1v) is 7.22. The van der Waals surface area contributed by atoms with E-state index in [4.69, 9.17) is 4.74 Å². The third-order valence-electron chi connectivity index (χ3n) is 3.27. The standard InChI is InChI=1S/C13H18N2O4S/c1-8(16)11-10(12(17)19-3)14-13(20-11)15-5-4-9(6-15)7-18-2/h9H,4-7H2,1-3H3. The molecular weight excluding hydrogens is 280 g/mol. The minimum absolute atomic E-state index is 0.121. The van der Waals surface area contributed by atoms with Crippen LogP contribution in [-0.2, 0) is 9.47 Å². The number of methoxy groups -OCH3 is 2. The van der Waals surface area contributed by atoms with Crippen LogP contribution >= 0.6 is 11.3 Å². The molecule has 1 aliphatic heterocycles. The zero-order chi connectivity index (χ0) is 14.7. The first-order valence-electron chi connectivity index (χ1n) is 6.40. The normalized spacial score (nSPS) is 18.4. The summed E-state index contributed by atoms with van der Waals surface area (Å²) in [7, 11) is 2.98. The van der Waals surface area contributed by atoms with Crippen LogP contribution in [0.25, 0.3) is 0 Å². The minimum atomic E-state index is -0.565. The van der Waals surface area contributed by atoms with Crippen molar-refractivity contribution in [3.05, 3.63) is 10.6 Å². The molecule has 0 N–H and O–H groups in total. The van der Waals surface area contributed by atoms with E-state index in [-0.39, 0.29) is 11.5 Å². The van der Waals surface area contributed by atoms with Gasteiger partial charge >= 0.3 is 5.97 Å². The summed E-state index contributed by atoms with van der Waals surface area (Å²) in [5.41, 5.74) is 0.121. The molecule has 1 saturated heterocycles. The van der Waals surface area contributed by atoms with Gasteiger partial charge in [0, 0.05) is 33.0 Å². The Morgan fingerprint density at radius 1 is 1.45 bits per heavy atom. The van der Waals surface area contributed by atoms with Crippen molar-refractivity contribution in [1.29, 1.82) is 0 Å². The fourth-order valence-corrected chi connectivity index (χ4v) is 3.28. The van der Waals surface area contributed by atoms with E-state index >= 15 is 0 Å². The van der Waals surface area contributed by atoms with E-state index in [9.17, 15) is 9.59 Å². The number of aromatic nitrogens is 1. The molecule has 0 spiro atoms. The lowest BCUT2D eigenvalue weighted by atomic mass is 10.1. The molecule has 1 fully saturated rings. The van der Waals surface area contributed by atoms with E-state index in [2.05, 4.69) is 14.6 Å². The monoisotopic (exact) mass is 298 g/mol. The van der Waals surface area contributed by atoms with E-state index in [1.807, 2.05) is 0 Å². The molecule has 0 amide bonds. The number of nitrogens with zero attached hydrogens (tertiary/aromatic N) is 2. The van der Waals surface area contributed by atoms with Gasteiger partial charge in [0.15, 0.2) is 16.6 Å². The Hall–Kier alpha value is -1.47. The highest BCUT2D eigenvalue weighted by Gasteiger charge is 2.28. The third-order valence-corrected chi connectivity index (χ3v) is 4.49. The van der Waals surface area contributed by atoms with Gasteiger partial charge in [0.25, 0.3) is 0 Å². The third kappa shape index (κ3) is 2.99. The summed E-state index contributed by atoms with van der Waals surface area (Å²) < 4.78 is 9.84. The quantitative estimate of drug-likeness (QED) is 0.607. The van der Waals surface area contributed by atoms with Crippen molar-refractivity contribution in [3.8, 4) is 0 Å². The summed E-state index contributed by atoms with van der Waals surface area (Å²) in [5.74, 6) is -0.265. The Morgan fingerprint density at radius 3 is 2.80 bits per heavy atom. The van der Waals surface area contributed by atoms with Crippen LogP contribution in [0.3, 0.4) is 0 Å². The first-order chi connectivity index (χ1) is 9.56. The van der Waals surface area contributed by atoms with Gasteiger partial charge in [-0.05, 0) is 6.42 Å². The number of thiazole rings is 1. The van der Waals surface area contributed by atoms with Gasteiger partial charge in [0.05, 0.1) is 13.7 Å². The molecule has 6 nitrogen and oxygen atoms in total. The molecule has 1 atom stereocenters. The topological polar surface area (TPSA) is 68.7 Å². The number of rotatable bonds is 5. The van der Waals surface area contributed by atoms with Crippen LogP contribution in [0, 0.1) is 5.92 Å². The van der Waals surface area contributed by atoms with Crippen LogP contribution in [0.2, 0.25) is 0 Å². The summed E-state index contributed by atoms with van der Waals surface area (Å²) in [6, 6.07) is 0. The molecule has 7 heteroatoms. The number of anilines is 1. The summed E-state index contributed by atoms with van der Waals surface area (Å²) in [6.07, 6.45) is 1.02. The van der Waals surface area contributed by atoms with Crippen molar-refractivity contribution in [2.75, 3.05) is 38.8 Å². The van der Waals surface area contributed by atoms with E-state index in [0.717, 1.165) is 19.5 Å². The summed E-state index contributed by atoms with van der Waals surface area (Å²) in [4.78, 5) is 30.0. The number of carbonyl (C=O) groups excluding carboxylic acids is 2. The number of ether oxygens (including phenoxy) is 2. The molecule has 2 heterocycles. The highest BCUT2D eigenvalue weighted by Crippen LogP contribution is 2.31. The van der Waals surface area contributed by atoms with Gasteiger partial charge in [-0.2, -0.15) is 0 Å². The lowest BCUT2D eigenvalue weighted by Gasteiger charge is -2.14. The van der Waals surface area contributed by atoms with E-state index in [1.54, 1.807) is 7.11 Å². The molecule has 20 heavy (non-hydrogen) atoms. The van der Waals surface area contributed by atoms with Gasteiger partial charge < -0.3 is 14.4 Å². The predicted molar refractivity (Wildman–Crippen MR) is 75.7 cm³/mol. The summed E-state index contributed by atoms with van der Waals surface area (Å²) in [6.45, 7) is 3.84. The van der Waals surface area contributed by atoms with E-state index < -0.39 is 5.97 Å². The maximum absolute atomic E-state index is 11.7. The molecule has 0 bridgehead atoms. The molecule has 1 aromatic heterocycles. The van der Waals surface area contributed by atoms with Gasteiger partial charge in [-0.15, -0.1) is 0 Å². The molecule has 0 radical (unpaired) electrons. The predicted octanol–water partition coefficient (Wildman–Crippen LogP) is 1.61. The number of esters is 1. The zero-order valence-electron chi connectivity index (χ0n) is 11.8. The van der Waals surface area contributed by atoms with Crippen LogP contribution in [0.5, 0.6) is 0 Å². The highest BCUT2D eigenvalue weighted by molar-refractivity contribution is 7.17. The van der Waals surface area contributed by atoms with Crippen LogP contribution < -0.4 is 4.90 Å². The Bertz CT molecular complexity index is 514. The molecular formula is C13H18N2O4S. The van der Waals surface area contributed by atoms with E-state index in [0.29, 0.717) is 22.5 Å². The van der Waals surface area contributed by atoms with Gasteiger partial charge in [0.1, 0.15) is 4.88 Å². The Labute approximate surface area is 121 Å². The molecule has 1 aromatic rings. The molecule has 1 unspecified atom stereocenters. The van der Waals surface area contributed by atoms with Gasteiger partial charge in [-0.1, -0.05) is 11.3 Å². The van der Waals surface area contributed by atoms with Crippen LogP contribution in [0.1, 0.15) is 33.5 Å². The number of hydrogen-bond donors (Lipinski definition) is 0. The largest absolute Gasteiger partial charge is 0.464 e. The second-order valence-electron chi connectivity index (χ2n) is 4.78. The van der Waals surface area contributed by atoms with Crippen LogP contribution in [0.15, 0.2) is 0 Å². The van der Waals surface area contributed by atoms with Crippen molar-refractivity contribution in [2.24, 2.45) is 5.92 Å². The number of carbonyl (C=O) groups is 2. The number of Topliss-reactive ketones (excluding diaryl/α,β-unsaturated/α-hetero) is 1. The SMILES string of the molecule is COCC1CCN(c2nc(C(=O)OC)c(C(C)=O)s2)C1. The zero-order valence-corrected chi connectivity index (χ0v) is 12.7. The van der Waals surface area contributed by atoms with Crippen molar-refractivity contribution in [3.63, 3.8) is 0 Å². The average Bonchev–Trinajstić information content (AvgIpc) is 3.04. The van der Waals surface area contributed by atoms with Crippen molar-refractivity contribution in [1.82, 2.24) is 4.98 Å². The Kier molecular flexibility index (Phi) is 4.72. The Morgan fingerprint density at radius 2 is 2.20 bits per heavy atom. The lowest BCUT2D eigenvalue weighted by molar-refractivity contribution is 0.0591. The first kappa shape index (κ1) is 14.9. The van der Waals surface area contributed by atoms with Gasteiger partial charge in [-0.3, -0.25) is 4.79 Å². The van der Waals surface area contributed by atoms with Crippen molar-refractivity contribution < 1.29 is 19.1 Å². The number of ketones is 1. The fraction of sp³-hybridized carbons (Fsp3) is 0.615. The molecule has 0 aromatic carbocycles. The molecule has 0 saturated carbocycles. The van der Waals surface area contributed by atoms with Gasteiger partial charge in [0.2, 0.25) is 0 Å². The minimum Gasteiger partial charge on any atom is -0.464 e. The smallest absolute Gasteiger partial charge is 0.358 e. The second-order valence-corrected chi connectivity index (χ2v) is 5.76. The van der Waals surface area contributed by atoms with Crippen molar-refractivity contribution in [2.45, 2.75) is 13.3 Å². The lowest BCUT2D eigenvalue weighted by Crippen LogP contribution is -2.21. The van der Waals surface area contributed by atoms with Crippen molar-refractivity contribution >= 4 is 28.2 Å². The summed E-state index contributed by atoms with van der Waals surface area (Å²) in [5, 5.41) is 0.703. The molecule has 110 valence electrons. The second kappa shape index (κ2) is 6.32. The van der Waals surface area contributed by atoms with Gasteiger partial charge in [-0.25, -0.2) is 9.78 Å². The highest BCUT2D eigenvalue weighted by atomic mass is 32.1. The maximum atomic E-state index is 11.7. The van der Waals surface area contributed by atoms with E-state index in [1.165, 1.54) is 25.4 Å². The molecule has 0 aliphatic carbocycles. The van der Waals surface area contributed by atoms with Crippen LogP contribution in [-0.4, -0.2) is 50.7 Å². The molecule has 1 aliphatic rings. The molecule has 2 rings (SSSR count). The maximum Gasteiger partial charge on any atom is 0.358 e. The van der Waals surface area contributed by atoms with Crippen LogP contribution in [0.4, 0.5) is 5.13 Å². The Balaban J connectivity index is 2.21.